The largest absolute Gasteiger partial charge is 0.454 e. The van der Waals surface area contributed by atoms with E-state index in [1.54, 1.807) is 25.1 Å². The predicted octanol–water partition coefficient (Wildman–Crippen LogP) is 1.04. The Morgan fingerprint density at radius 1 is 1.38 bits per heavy atom. The van der Waals surface area contributed by atoms with Crippen LogP contribution in [0.2, 0.25) is 0 Å². The highest BCUT2D eigenvalue weighted by Gasteiger charge is 2.27. The molecular weight excluding hydrogens is 276 g/mol. The number of aliphatic hydroxyl groups is 1. The molecule has 1 aliphatic heterocycles. The van der Waals surface area contributed by atoms with Crippen LogP contribution in [-0.2, 0) is 5.60 Å². The van der Waals surface area contributed by atoms with Gasteiger partial charge in [-0.2, -0.15) is 0 Å². The van der Waals surface area contributed by atoms with Gasteiger partial charge in [-0.1, -0.05) is 11.2 Å². The molecule has 1 aliphatic rings. The molecule has 0 unspecified atom stereocenters. The zero-order valence-corrected chi connectivity index (χ0v) is 11.3. The van der Waals surface area contributed by atoms with Crippen molar-refractivity contribution < 1.29 is 23.9 Å². The number of hydrogen-bond acceptors (Lipinski definition) is 6. The number of ether oxygens (including phenoxy) is 2. The van der Waals surface area contributed by atoms with Crippen LogP contribution in [0.15, 0.2) is 35.0 Å². The van der Waals surface area contributed by atoms with Gasteiger partial charge in [0.2, 0.25) is 12.6 Å². The molecule has 0 bridgehead atoms. The van der Waals surface area contributed by atoms with Gasteiger partial charge < -0.3 is 24.4 Å². The number of fused-ring (bicyclic) bond motifs is 1. The second kappa shape index (κ2) is 5.10. The number of aromatic nitrogens is 1. The number of hydrogen-bond donors (Lipinski definition) is 2. The second-order valence-corrected chi connectivity index (χ2v) is 4.90. The first-order valence-electron chi connectivity index (χ1n) is 6.38. The van der Waals surface area contributed by atoms with E-state index in [2.05, 4.69) is 10.5 Å². The van der Waals surface area contributed by atoms with Crippen molar-refractivity contribution in [3.63, 3.8) is 0 Å². The van der Waals surface area contributed by atoms with Gasteiger partial charge in [0.15, 0.2) is 11.5 Å². The summed E-state index contributed by atoms with van der Waals surface area (Å²) in [6.45, 7) is 1.79. The zero-order valence-electron chi connectivity index (χ0n) is 11.3. The molecule has 2 aromatic rings. The van der Waals surface area contributed by atoms with E-state index < -0.39 is 11.5 Å². The number of benzene rings is 1. The lowest BCUT2D eigenvalue weighted by Crippen LogP contribution is -2.38. The summed E-state index contributed by atoms with van der Waals surface area (Å²) in [7, 11) is 0. The lowest BCUT2D eigenvalue weighted by Gasteiger charge is -2.24. The fourth-order valence-corrected chi connectivity index (χ4v) is 2.01. The van der Waals surface area contributed by atoms with Gasteiger partial charge in [-0.25, -0.2) is 0 Å². The minimum atomic E-state index is -1.25. The van der Waals surface area contributed by atoms with Gasteiger partial charge in [0.05, 0.1) is 12.7 Å². The third-order valence-electron chi connectivity index (χ3n) is 3.25. The first-order valence-corrected chi connectivity index (χ1v) is 6.38. The van der Waals surface area contributed by atoms with E-state index in [4.69, 9.17) is 14.0 Å². The number of amides is 1. The minimum Gasteiger partial charge on any atom is -0.454 e. The van der Waals surface area contributed by atoms with E-state index in [0.29, 0.717) is 17.1 Å². The van der Waals surface area contributed by atoms with Gasteiger partial charge in [-0.05, 0) is 24.6 Å². The molecule has 1 amide bonds. The number of carbonyl (C=O) groups is 1. The Bertz CT molecular complexity index is 651. The third kappa shape index (κ3) is 2.68. The Morgan fingerprint density at radius 2 is 2.19 bits per heavy atom. The van der Waals surface area contributed by atoms with Gasteiger partial charge in [-0.3, -0.25) is 4.79 Å². The highest BCUT2D eigenvalue weighted by molar-refractivity contribution is 5.91. The fraction of sp³-hybridized carbons (Fsp3) is 0.286. The van der Waals surface area contributed by atoms with Gasteiger partial charge >= 0.3 is 0 Å². The van der Waals surface area contributed by atoms with Crippen molar-refractivity contribution in [1.82, 2.24) is 10.5 Å². The molecule has 0 fully saturated rings. The van der Waals surface area contributed by atoms with Gasteiger partial charge in [0.25, 0.3) is 5.91 Å². The predicted molar refractivity (Wildman–Crippen MR) is 71.0 cm³/mol. The van der Waals surface area contributed by atoms with E-state index in [0.717, 1.165) is 0 Å². The van der Waals surface area contributed by atoms with Crippen molar-refractivity contribution in [1.29, 1.82) is 0 Å². The molecule has 1 aromatic heterocycles. The standard InChI is InChI=1S/C14H14N2O5/c1-14(18,7-15-13(17)11-4-5-16-21-11)9-2-3-10-12(6-9)20-8-19-10/h2-6,18H,7-8H2,1H3,(H,15,17)/t14-/m1/s1. The summed E-state index contributed by atoms with van der Waals surface area (Å²) >= 11 is 0. The third-order valence-corrected chi connectivity index (χ3v) is 3.25. The van der Waals surface area contributed by atoms with E-state index >= 15 is 0 Å². The Morgan fingerprint density at radius 3 is 2.95 bits per heavy atom. The van der Waals surface area contributed by atoms with Crippen LogP contribution in [0.25, 0.3) is 0 Å². The smallest absolute Gasteiger partial charge is 0.290 e. The van der Waals surface area contributed by atoms with E-state index in [1.165, 1.54) is 12.3 Å². The summed E-state index contributed by atoms with van der Waals surface area (Å²) in [5, 5.41) is 16.6. The number of carbonyl (C=O) groups excluding carboxylic acids is 1. The molecule has 21 heavy (non-hydrogen) atoms. The first kappa shape index (κ1) is 13.4. The summed E-state index contributed by atoms with van der Waals surface area (Å²) in [6.07, 6.45) is 1.38. The second-order valence-electron chi connectivity index (χ2n) is 4.90. The van der Waals surface area contributed by atoms with Crippen LogP contribution in [0.1, 0.15) is 23.0 Å². The average Bonchev–Trinajstić information content (AvgIpc) is 3.14. The van der Waals surface area contributed by atoms with Crippen molar-refractivity contribution in [2.45, 2.75) is 12.5 Å². The Balaban J connectivity index is 1.70. The molecule has 0 saturated carbocycles. The molecular formula is C14H14N2O5. The Hall–Kier alpha value is -2.54. The van der Waals surface area contributed by atoms with Gasteiger partial charge in [0.1, 0.15) is 5.60 Å². The molecule has 7 heteroatoms. The molecule has 0 spiro atoms. The summed E-state index contributed by atoms with van der Waals surface area (Å²) in [4.78, 5) is 11.8. The zero-order chi connectivity index (χ0) is 14.9. The van der Waals surface area contributed by atoms with E-state index in [1.807, 2.05) is 0 Å². The Labute approximate surface area is 120 Å². The van der Waals surface area contributed by atoms with E-state index in [9.17, 15) is 9.90 Å². The molecule has 1 atom stereocenters. The number of nitrogens with one attached hydrogen (secondary N) is 1. The summed E-state index contributed by atoms with van der Waals surface area (Å²) in [5.74, 6) is 0.875. The monoisotopic (exact) mass is 290 g/mol. The summed E-state index contributed by atoms with van der Waals surface area (Å²) in [6, 6.07) is 6.60. The minimum absolute atomic E-state index is 0.0200. The van der Waals surface area contributed by atoms with Crippen LogP contribution < -0.4 is 14.8 Å². The SMILES string of the molecule is C[C@@](O)(CNC(=O)c1ccno1)c1ccc2c(c1)OCO2. The molecule has 0 aliphatic carbocycles. The molecule has 0 radical (unpaired) electrons. The fourth-order valence-electron chi connectivity index (χ4n) is 2.01. The molecule has 7 nitrogen and oxygen atoms in total. The lowest BCUT2D eigenvalue weighted by atomic mass is 9.95. The maximum absolute atomic E-state index is 11.8. The number of rotatable bonds is 4. The molecule has 1 aromatic carbocycles. The van der Waals surface area contributed by atoms with Crippen LogP contribution in [-0.4, -0.2) is 29.5 Å². The molecule has 2 heterocycles. The maximum Gasteiger partial charge on any atom is 0.290 e. The number of nitrogens with zero attached hydrogens (tertiary/aromatic N) is 1. The van der Waals surface area contributed by atoms with Crippen molar-refractivity contribution in [3.05, 3.63) is 41.8 Å². The van der Waals surface area contributed by atoms with Crippen LogP contribution >= 0.6 is 0 Å². The van der Waals surface area contributed by atoms with E-state index in [-0.39, 0.29) is 19.1 Å². The highest BCUT2D eigenvalue weighted by atomic mass is 16.7. The van der Waals surface area contributed by atoms with Crippen molar-refractivity contribution in [2.75, 3.05) is 13.3 Å². The normalized spacial score (nSPS) is 15.5. The molecule has 0 saturated heterocycles. The summed E-state index contributed by atoms with van der Waals surface area (Å²) in [5.41, 5.74) is -0.638. The van der Waals surface area contributed by atoms with Crippen molar-refractivity contribution in [3.8, 4) is 11.5 Å². The molecule has 2 N–H and O–H groups in total. The van der Waals surface area contributed by atoms with Crippen molar-refractivity contribution in [2.24, 2.45) is 0 Å². The van der Waals surface area contributed by atoms with Gasteiger partial charge in [0, 0.05) is 6.07 Å². The molecule has 3 rings (SSSR count). The quantitative estimate of drug-likeness (QED) is 0.874. The van der Waals surface area contributed by atoms with Crippen LogP contribution in [0.4, 0.5) is 0 Å². The highest BCUT2D eigenvalue weighted by Crippen LogP contribution is 2.35. The first-order chi connectivity index (χ1) is 10.1. The van der Waals surface area contributed by atoms with Crippen molar-refractivity contribution >= 4 is 5.91 Å². The average molecular weight is 290 g/mol. The maximum atomic E-state index is 11.8. The summed E-state index contributed by atoms with van der Waals surface area (Å²) < 4.78 is 15.2. The van der Waals surface area contributed by atoms with Gasteiger partial charge in [-0.15, -0.1) is 0 Å². The van der Waals surface area contributed by atoms with Crippen LogP contribution in [0, 0.1) is 0 Å². The lowest BCUT2D eigenvalue weighted by molar-refractivity contribution is 0.0515. The van der Waals surface area contributed by atoms with Crippen LogP contribution in [0.5, 0.6) is 11.5 Å². The molecule has 110 valence electrons. The topological polar surface area (TPSA) is 93.8 Å². The Kier molecular flexibility index (Phi) is 3.26. The van der Waals surface area contributed by atoms with Crippen LogP contribution in [0.3, 0.4) is 0 Å².